The second-order valence-corrected chi connectivity index (χ2v) is 10.3. The van der Waals surface area contributed by atoms with Crippen LogP contribution in [0.5, 0.6) is 0 Å². The van der Waals surface area contributed by atoms with Gasteiger partial charge in [0, 0.05) is 65.4 Å². The molecule has 5 N–H and O–H groups in total. The molecule has 15 nitrogen and oxygen atoms in total. The van der Waals surface area contributed by atoms with Crippen LogP contribution in [0.4, 0.5) is 0 Å². The quantitative estimate of drug-likeness (QED) is 0.136. The van der Waals surface area contributed by atoms with Gasteiger partial charge in [-0.3, -0.25) is 38.8 Å². The number of benzene rings is 1. The summed E-state index contributed by atoms with van der Waals surface area (Å²) >= 11 is 0. The summed E-state index contributed by atoms with van der Waals surface area (Å²) in [5, 5.41) is 47.5. The average molecular weight is 612 g/mol. The van der Waals surface area contributed by atoms with Crippen molar-refractivity contribution in [1.29, 1.82) is 0 Å². The predicted molar refractivity (Wildman–Crippen MR) is 154 cm³/mol. The zero-order chi connectivity index (χ0) is 31.6. The molecule has 0 radical (unpaired) electrons. The van der Waals surface area contributed by atoms with Gasteiger partial charge in [-0.05, 0) is 5.56 Å². The van der Waals surface area contributed by atoms with Crippen LogP contribution in [0.25, 0.3) is 0 Å². The van der Waals surface area contributed by atoms with Gasteiger partial charge in [0.15, 0.2) is 0 Å². The molecule has 1 atom stereocenters. The van der Waals surface area contributed by atoms with Gasteiger partial charge in [0.2, 0.25) is 5.91 Å². The monoisotopic (exact) mass is 611 g/mol. The van der Waals surface area contributed by atoms with Crippen molar-refractivity contribution in [3.05, 3.63) is 35.9 Å². The molecule has 1 aromatic rings. The number of aliphatic hydroxyl groups excluding tert-OH is 2. The maximum absolute atomic E-state index is 13.8. The highest BCUT2D eigenvalue weighted by atomic mass is 16.5. The molecular formula is C28H45N5O10. The minimum atomic E-state index is -1.05. The van der Waals surface area contributed by atoms with Crippen LogP contribution in [-0.2, 0) is 30.5 Å². The Kier molecular flexibility index (Phi) is 16.7. The molecule has 15 heteroatoms. The largest absolute Gasteiger partial charge is 0.480 e. The lowest BCUT2D eigenvalue weighted by molar-refractivity contribution is -0.143. The van der Waals surface area contributed by atoms with Crippen molar-refractivity contribution in [1.82, 2.24) is 24.5 Å². The molecule has 0 spiro atoms. The fraction of sp³-hybridized carbons (Fsp3) is 0.643. The van der Waals surface area contributed by atoms with Crippen LogP contribution < -0.4 is 0 Å². The van der Waals surface area contributed by atoms with Gasteiger partial charge in [-0.2, -0.15) is 0 Å². The summed E-state index contributed by atoms with van der Waals surface area (Å²) in [7, 11) is 0. The number of hydrogen-bond donors (Lipinski definition) is 5. The van der Waals surface area contributed by atoms with Gasteiger partial charge in [-0.15, -0.1) is 0 Å². The second kappa shape index (κ2) is 19.9. The highest BCUT2D eigenvalue weighted by Gasteiger charge is 2.31. The summed E-state index contributed by atoms with van der Waals surface area (Å²) in [6, 6.07) is 8.52. The van der Waals surface area contributed by atoms with Crippen LogP contribution in [0.1, 0.15) is 5.56 Å². The molecule has 1 aliphatic rings. The van der Waals surface area contributed by atoms with E-state index in [1.807, 2.05) is 35.2 Å². The number of nitrogens with zero attached hydrogens (tertiary/aromatic N) is 5. The van der Waals surface area contributed by atoms with Crippen molar-refractivity contribution < 1.29 is 49.4 Å². The Morgan fingerprint density at radius 2 is 1.12 bits per heavy atom. The molecule has 1 unspecified atom stereocenters. The first-order chi connectivity index (χ1) is 20.6. The topological polar surface area (TPSA) is 195 Å². The van der Waals surface area contributed by atoms with Crippen LogP contribution in [0.2, 0.25) is 0 Å². The molecule has 1 amide bonds. The van der Waals surface area contributed by atoms with Crippen molar-refractivity contribution in [2.24, 2.45) is 0 Å². The number of hydrogen-bond acceptors (Lipinski definition) is 11. The Labute approximate surface area is 251 Å². The Balaban J connectivity index is 2.37. The van der Waals surface area contributed by atoms with E-state index in [1.165, 1.54) is 4.90 Å². The first-order valence-corrected chi connectivity index (χ1v) is 14.3. The first kappa shape index (κ1) is 36.0. The van der Waals surface area contributed by atoms with Crippen LogP contribution in [0, 0.1) is 0 Å². The van der Waals surface area contributed by atoms with Crippen molar-refractivity contribution in [2.45, 2.75) is 12.6 Å². The number of carbonyl (C=O) groups excluding carboxylic acids is 1. The van der Waals surface area contributed by atoms with Crippen LogP contribution in [0.3, 0.4) is 0 Å². The summed E-state index contributed by atoms with van der Waals surface area (Å²) < 4.78 is 5.98. The Hall–Kier alpha value is -3.18. The number of amides is 1. The summed E-state index contributed by atoms with van der Waals surface area (Å²) in [6.45, 7) is 0.640. The smallest absolute Gasteiger partial charge is 0.317 e. The van der Waals surface area contributed by atoms with Gasteiger partial charge in [0.1, 0.15) is 6.04 Å². The van der Waals surface area contributed by atoms with Crippen molar-refractivity contribution >= 4 is 23.8 Å². The van der Waals surface area contributed by atoms with E-state index in [1.54, 1.807) is 14.7 Å². The summed E-state index contributed by atoms with van der Waals surface area (Å²) in [5.41, 5.74) is 0.899. The molecular weight excluding hydrogens is 566 g/mol. The van der Waals surface area contributed by atoms with E-state index in [2.05, 4.69) is 0 Å². The molecule has 0 bridgehead atoms. The highest BCUT2D eigenvalue weighted by molar-refractivity contribution is 5.82. The fourth-order valence-electron chi connectivity index (χ4n) is 4.89. The molecule has 1 saturated heterocycles. The summed E-state index contributed by atoms with van der Waals surface area (Å²) in [4.78, 5) is 56.7. The molecule has 0 saturated carbocycles. The SMILES string of the molecule is O=C(O)CN1CCN(CC(=O)O)CCN(C(COCc2ccccc2)C(=O)N(CCO)CCO)CCN(CC(=O)O)CC1. The van der Waals surface area contributed by atoms with Crippen molar-refractivity contribution in [2.75, 3.05) is 105 Å². The van der Waals surface area contributed by atoms with E-state index in [0.717, 1.165) is 5.56 Å². The van der Waals surface area contributed by atoms with Crippen molar-refractivity contribution in [3.63, 3.8) is 0 Å². The lowest BCUT2D eigenvalue weighted by atomic mass is 10.2. The van der Waals surface area contributed by atoms with Crippen LogP contribution in [-0.4, -0.2) is 185 Å². The molecule has 2 rings (SSSR count). The van der Waals surface area contributed by atoms with E-state index in [0.29, 0.717) is 0 Å². The van der Waals surface area contributed by atoms with Gasteiger partial charge in [0.05, 0.1) is 46.1 Å². The molecule has 43 heavy (non-hydrogen) atoms. The molecule has 0 aromatic heterocycles. The Bertz CT molecular complexity index is 963. The first-order valence-electron chi connectivity index (χ1n) is 14.3. The molecule has 1 fully saturated rings. The van der Waals surface area contributed by atoms with E-state index < -0.39 is 23.9 Å². The van der Waals surface area contributed by atoms with E-state index in [-0.39, 0.29) is 117 Å². The van der Waals surface area contributed by atoms with Gasteiger partial charge in [-0.25, -0.2) is 0 Å². The lowest BCUT2D eigenvalue weighted by Gasteiger charge is -2.37. The number of carbonyl (C=O) groups is 4. The summed E-state index contributed by atoms with van der Waals surface area (Å²) in [5.74, 6) is -3.52. The number of ether oxygens (including phenoxy) is 1. The maximum atomic E-state index is 13.8. The van der Waals surface area contributed by atoms with Crippen LogP contribution >= 0.6 is 0 Å². The minimum absolute atomic E-state index is 0.00188. The fourth-order valence-corrected chi connectivity index (χ4v) is 4.89. The van der Waals surface area contributed by atoms with Crippen LogP contribution in [0.15, 0.2) is 30.3 Å². The molecule has 1 aromatic carbocycles. The van der Waals surface area contributed by atoms with E-state index >= 15 is 0 Å². The minimum Gasteiger partial charge on any atom is -0.480 e. The standard InChI is InChI=1S/C28H45N5O10/c34-16-14-33(15-17-35)28(42)24(22-43-21-23-4-2-1-3-5-23)32-12-10-30(19-26(38)39)8-6-29(18-25(36)37)7-9-31(11-13-32)20-27(40)41/h1-5,24,34-35H,6-22H2,(H,36,37)(H,38,39)(H,40,41). The molecule has 1 aliphatic heterocycles. The lowest BCUT2D eigenvalue weighted by Crippen LogP contribution is -2.56. The zero-order valence-corrected chi connectivity index (χ0v) is 24.5. The Morgan fingerprint density at radius 3 is 1.51 bits per heavy atom. The highest BCUT2D eigenvalue weighted by Crippen LogP contribution is 2.11. The molecule has 1 heterocycles. The molecule has 242 valence electrons. The van der Waals surface area contributed by atoms with Gasteiger partial charge in [-0.1, -0.05) is 30.3 Å². The normalized spacial score (nSPS) is 17.4. The third kappa shape index (κ3) is 14.2. The zero-order valence-electron chi connectivity index (χ0n) is 24.5. The predicted octanol–water partition coefficient (Wildman–Crippen LogP) is -2.14. The summed E-state index contributed by atoms with van der Waals surface area (Å²) in [6.07, 6.45) is 0. The Morgan fingerprint density at radius 1 is 0.698 bits per heavy atom. The average Bonchev–Trinajstić information content (AvgIpc) is 2.95. The third-order valence-corrected chi connectivity index (χ3v) is 7.11. The van der Waals surface area contributed by atoms with Gasteiger partial charge < -0.3 is 35.2 Å². The third-order valence-electron chi connectivity index (χ3n) is 7.11. The second-order valence-electron chi connectivity index (χ2n) is 10.3. The van der Waals surface area contributed by atoms with E-state index in [4.69, 9.17) is 4.74 Å². The number of aliphatic hydroxyl groups is 2. The number of aliphatic carboxylic acids is 3. The number of rotatable bonds is 16. The van der Waals surface area contributed by atoms with Gasteiger partial charge in [0.25, 0.3) is 0 Å². The maximum Gasteiger partial charge on any atom is 0.317 e. The van der Waals surface area contributed by atoms with Gasteiger partial charge >= 0.3 is 17.9 Å². The van der Waals surface area contributed by atoms with E-state index in [9.17, 15) is 44.7 Å². The number of carboxylic acid groups (broad SMARTS) is 3. The number of carboxylic acids is 3. The van der Waals surface area contributed by atoms with Crippen molar-refractivity contribution in [3.8, 4) is 0 Å². The molecule has 0 aliphatic carbocycles.